The molecule has 17 heavy (non-hydrogen) atoms. The summed E-state index contributed by atoms with van der Waals surface area (Å²) in [6, 6.07) is 16.6. The smallest absolute Gasteiger partial charge is 0.119 e. The van der Waals surface area contributed by atoms with E-state index in [4.69, 9.17) is 4.74 Å². The molecule has 0 spiro atoms. The van der Waals surface area contributed by atoms with E-state index in [0.717, 1.165) is 5.75 Å². The number of aryl methyl sites for hydroxylation is 1. The van der Waals surface area contributed by atoms with Gasteiger partial charge in [-0.3, -0.25) is 0 Å². The molecule has 0 fully saturated rings. The van der Waals surface area contributed by atoms with Crippen LogP contribution < -0.4 is 4.74 Å². The van der Waals surface area contributed by atoms with E-state index in [1.807, 2.05) is 32.0 Å². The minimum atomic E-state index is 0.896. The van der Waals surface area contributed by atoms with Gasteiger partial charge in [-0.05, 0) is 30.2 Å². The van der Waals surface area contributed by atoms with Crippen molar-refractivity contribution in [2.24, 2.45) is 0 Å². The SMILES string of the molecule is CC.COc1cccc(-c2ccc(C)cc2)c1. The van der Waals surface area contributed by atoms with E-state index in [2.05, 4.69) is 37.3 Å². The van der Waals surface area contributed by atoms with Gasteiger partial charge in [0.2, 0.25) is 0 Å². The monoisotopic (exact) mass is 228 g/mol. The summed E-state index contributed by atoms with van der Waals surface area (Å²) in [6.45, 7) is 6.09. The summed E-state index contributed by atoms with van der Waals surface area (Å²) < 4.78 is 5.20. The van der Waals surface area contributed by atoms with Crippen molar-refractivity contribution in [3.8, 4) is 16.9 Å². The Kier molecular flexibility index (Phi) is 5.28. The van der Waals surface area contributed by atoms with Crippen molar-refractivity contribution in [1.82, 2.24) is 0 Å². The summed E-state index contributed by atoms with van der Waals surface area (Å²) in [5, 5.41) is 0. The molecular weight excluding hydrogens is 208 g/mol. The summed E-state index contributed by atoms with van der Waals surface area (Å²) in [6.07, 6.45) is 0. The molecule has 0 N–H and O–H groups in total. The first-order chi connectivity index (χ1) is 8.29. The first-order valence-electron chi connectivity index (χ1n) is 6.01. The van der Waals surface area contributed by atoms with Gasteiger partial charge >= 0.3 is 0 Å². The van der Waals surface area contributed by atoms with Gasteiger partial charge in [0.25, 0.3) is 0 Å². The Morgan fingerprint density at radius 1 is 0.824 bits per heavy atom. The highest BCUT2D eigenvalue weighted by Gasteiger charge is 1.98. The third-order valence-corrected chi connectivity index (χ3v) is 2.45. The number of ether oxygens (including phenoxy) is 1. The van der Waals surface area contributed by atoms with E-state index in [1.165, 1.54) is 16.7 Å². The molecule has 0 saturated heterocycles. The molecule has 0 radical (unpaired) electrons. The van der Waals surface area contributed by atoms with Gasteiger partial charge < -0.3 is 4.74 Å². The lowest BCUT2D eigenvalue weighted by Gasteiger charge is -2.04. The Bertz CT molecular complexity index is 443. The standard InChI is InChI=1S/C14H14O.C2H6/c1-11-6-8-12(9-7-11)13-4-3-5-14(10-13)15-2;1-2/h3-10H,1-2H3;1-2H3. The lowest BCUT2D eigenvalue weighted by molar-refractivity contribution is 0.415. The van der Waals surface area contributed by atoms with E-state index in [9.17, 15) is 0 Å². The van der Waals surface area contributed by atoms with Gasteiger partial charge in [-0.25, -0.2) is 0 Å². The molecule has 0 amide bonds. The maximum absolute atomic E-state index is 5.20. The minimum Gasteiger partial charge on any atom is -0.497 e. The molecule has 2 aromatic rings. The van der Waals surface area contributed by atoms with Crippen LogP contribution in [0, 0.1) is 6.92 Å². The van der Waals surface area contributed by atoms with Crippen LogP contribution in [0.1, 0.15) is 19.4 Å². The first-order valence-corrected chi connectivity index (χ1v) is 6.01. The van der Waals surface area contributed by atoms with E-state index in [-0.39, 0.29) is 0 Å². The molecule has 0 heterocycles. The molecule has 1 heteroatoms. The fourth-order valence-corrected chi connectivity index (χ4v) is 1.55. The molecular formula is C16H20O. The number of rotatable bonds is 2. The van der Waals surface area contributed by atoms with Gasteiger partial charge in [-0.1, -0.05) is 55.8 Å². The highest BCUT2D eigenvalue weighted by Crippen LogP contribution is 2.23. The van der Waals surface area contributed by atoms with Crippen LogP contribution in [0.4, 0.5) is 0 Å². The van der Waals surface area contributed by atoms with Gasteiger partial charge in [0.15, 0.2) is 0 Å². The van der Waals surface area contributed by atoms with Crippen molar-refractivity contribution < 1.29 is 4.74 Å². The summed E-state index contributed by atoms with van der Waals surface area (Å²) in [4.78, 5) is 0. The lowest BCUT2D eigenvalue weighted by atomic mass is 10.0. The van der Waals surface area contributed by atoms with Crippen LogP contribution in [0.25, 0.3) is 11.1 Å². The highest BCUT2D eigenvalue weighted by atomic mass is 16.5. The molecule has 0 bridgehead atoms. The Balaban J connectivity index is 0.000000686. The van der Waals surface area contributed by atoms with Crippen molar-refractivity contribution in [2.45, 2.75) is 20.8 Å². The predicted molar refractivity (Wildman–Crippen MR) is 74.5 cm³/mol. The summed E-state index contributed by atoms with van der Waals surface area (Å²) in [7, 11) is 1.69. The molecule has 0 atom stereocenters. The topological polar surface area (TPSA) is 9.23 Å². The molecule has 0 aromatic heterocycles. The van der Waals surface area contributed by atoms with Crippen molar-refractivity contribution in [1.29, 1.82) is 0 Å². The van der Waals surface area contributed by atoms with E-state index in [1.54, 1.807) is 7.11 Å². The predicted octanol–water partition coefficient (Wildman–Crippen LogP) is 4.70. The van der Waals surface area contributed by atoms with Crippen molar-refractivity contribution in [2.75, 3.05) is 7.11 Å². The Morgan fingerprint density at radius 3 is 2.06 bits per heavy atom. The Morgan fingerprint density at radius 2 is 1.47 bits per heavy atom. The summed E-state index contributed by atoms with van der Waals surface area (Å²) in [5.41, 5.74) is 3.69. The quantitative estimate of drug-likeness (QED) is 0.724. The Hall–Kier alpha value is -1.76. The zero-order valence-electron chi connectivity index (χ0n) is 11.0. The fraction of sp³-hybridized carbons (Fsp3) is 0.250. The molecule has 2 rings (SSSR count). The summed E-state index contributed by atoms with van der Waals surface area (Å²) in [5.74, 6) is 0.896. The van der Waals surface area contributed by atoms with Gasteiger partial charge in [0.05, 0.1) is 7.11 Å². The number of benzene rings is 2. The third-order valence-electron chi connectivity index (χ3n) is 2.45. The van der Waals surface area contributed by atoms with E-state index < -0.39 is 0 Å². The van der Waals surface area contributed by atoms with Crippen molar-refractivity contribution in [3.05, 3.63) is 54.1 Å². The van der Waals surface area contributed by atoms with Crippen LogP contribution >= 0.6 is 0 Å². The molecule has 0 saturated carbocycles. The van der Waals surface area contributed by atoms with Crippen LogP contribution in [-0.4, -0.2) is 7.11 Å². The molecule has 0 aliphatic heterocycles. The second-order valence-corrected chi connectivity index (χ2v) is 3.60. The van der Waals surface area contributed by atoms with E-state index >= 15 is 0 Å². The number of methoxy groups -OCH3 is 1. The third kappa shape index (κ3) is 3.63. The lowest BCUT2D eigenvalue weighted by Crippen LogP contribution is -1.83. The molecule has 90 valence electrons. The van der Waals surface area contributed by atoms with Crippen LogP contribution in [0.2, 0.25) is 0 Å². The first kappa shape index (κ1) is 13.3. The normalized spacial score (nSPS) is 9.18. The maximum atomic E-state index is 5.20. The van der Waals surface area contributed by atoms with Gasteiger partial charge in [-0.15, -0.1) is 0 Å². The number of hydrogen-bond donors (Lipinski definition) is 0. The Labute approximate surface area is 104 Å². The average molecular weight is 228 g/mol. The zero-order valence-corrected chi connectivity index (χ0v) is 11.0. The molecule has 0 aliphatic rings. The molecule has 0 aliphatic carbocycles. The largest absolute Gasteiger partial charge is 0.497 e. The molecule has 2 aromatic carbocycles. The second-order valence-electron chi connectivity index (χ2n) is 3.60. The van der Waals surface area contributed by atoms with Crippen LogP contribution in [0.5, 0.6) is 5.75 Å². The van der Waals surface area contributed by atoms with Crippen LogP contribution in [0.15, 0.2) is 48.5 Å². The van der Waals surface area contributed by atoms with Crippen molar-refractivity contribution in [3.63, 3.8) is 0 Å². The molecule has 1 nitrogen and oxygen atoms in total. The maximum Gasteiger partial charge on any atom is 0.119 e. The molecule has 0 unspecified atom stereocenters. The second kappa shape index (κ2) is 6.74. The van der Waals surface area contributed by atoms with Crippen LogP contribution in [0.3, 0.4) is 0 Å². The van der Waals surface area contributed by atoms with Gasteiger partial charge in [0, 0.05) is 0 Å². The fourth-order valence-electron chi connectivity index (χ4n) is 1.55. The average Bonchev–Trinajstić information content (AvgIpc) is 2.42. The van der Waals surface area contributed by atoms with Gasteiger partial charge in [-0.2, -0.15) is 0 Å². The number of hydrogen-bond acceptors (Lipinski definition) is 1. The minimum absolute atomic E-state index is 0.896. The van der Waals surface area contributed by atoms with Crippen molar-refractivity contribution >= 4 is 0 Å². The van der Waals surface area contributed by atoms with Crippen LogP contribution in [-0.2, 0) is 0 Å². The zero-order chi connectivity index (χ0) is 12.7. The van der Waals surface area contributed by atoms with Gasteiger partial charge in [0.1, 0.15) is 5.75 Å². The van der Waals surface area contributed by atoms with E-state index in [0.29, 0.717) is 0 Å². The summed E-state index contributed by atoms with van der Waals surface area (Å²) >= 11 is 0. The highest BCUT2D eigenvalue weighted by molar-refractivity contribution is 5.65.